The minimum atomic E-state index is -0.502. The lowest BCUT2D eigenvalue weighted by Gasteiger charge is -2.40. The summed E-state index contributed by atoms with van der Waals surface area (Å²) >= 11 is 1.41. The molecule has 7 nitrogen and oxygen atoms in total. The van der Waals surface area contributed by atoms with E-state index in [1.807, 2.05) is 27.7 Å². The summed E-state index contributed by atoms with van der Waals surface area (Å²) in [6.07, 6.45) is -0.291. The Kier molecular flexibility index (Phi) is 5.69. The van der Waals surface area contributed by atoms with Gasteiger partial charge in [0, 0.05) is 31.1 Å². The van der Waals surface area contributed by atoms with E-state index in [2.05, 4.69) is 9.88 Å². The molecule has 0 spiro atoms. The summed E-state index contributed by atoms with van der Waals surface area (Å²) in [6.45, 7) is 11.5. The molecule has 1 saturated heterocycles. The van der Waals surface area contributed by atoms with Crippen LogP contribution in [0.25, 0.3) is 0 Å². The van der Waals surface area contributed by atoms with Crippen molar-refractivity contribution in [1.82, 2.24) is 9.88 Å². The number of thiazole rings is 1. The average molecular weight is 355 g/mol. The molecule has 2 heterocycles. The molecular formula is C16H25N3O4S. The smallest absolute Gasteiger partial charge is 0.410 e. The topological polar surface area (TPSA) is 72.0 Å². The van der Waals surface area contributed by atoms with Gasteiger partial charge in [-0.25, -0.2) is 14.6 Å². The number of carbonyl (C=O) groups excluding carboxylic acids is 2. The van der Waals surface area contributed by atoms with E-state index in [0.29, 0.717) is 31.9 Å². The molecule has 0 radical (unpaired) electrons. The standard InChI is InChI=1S/C16H25N3O4S/c1-6-22-13(20)12-10-24-14(17-12)18-7-8-19(11(2)9-18)15(21)23-16(3,4)5/h10-11H,6-9H2,1-5H3/t11-/m1/s1. The van der Waals surface area contributed by atoms with E-state index in [4.69, 9.17) is 9.47 Å². The highest BCUT2D eigenvalue weighted by atomic mass is 32.1. The van der Waals surface area contributed by atoms with E-state index in [-0.39, 0.29) is 12.1 Å². The van der Waals surface area contributed by atoms with E-state index in [1.54, 1.807) is 17.2 Å². The Hall–Kier alpha value is -1.83. The lowest BCUT2D eigenvalue weighted by Crippen LogP contribution is -2.55. The van der Waals surface area contributed by atoms with E-state index >= 15 is 0 Å². The molecule has 1 fully saturated rings. The van der Waals surface area contributed by atoms with E-state index in [9.17, 15) is 9.59 Å². The number of aromatic nitrogens is 1. The molecule has 1 aromatic rings. The third kappa shape index (κ3) is 4.59. The molecule has 2 rings (SSSR count). The van der Waals surface area contributed by atoms with E-state index in [0.717, 1.165) is 5.13 Å². The number of piperazine rings is 1. The van der Waals surface area contributed by atoms with Crippen LogP contribution in [-0.4, -0.2) is 59.8 Å². The summed E-state index contributed by atoms with van der Waals surface area (Å²) < 4.78 is 10.4. The number of rotatable bonds is 3. The maximum absolute atomic E-state index is 12.2. The fourth-order valence-electron chi connectivity index (χ4n) is 2.43. The molecule has 1 atom stereocenters. The lowest BCUT2D eigenvalue weighted by atomic mass is 10.2. The van der Waals surface area contributed by atoms with Gasteiger partial charge in [0.2, 0.25) is 0 Å². The molecule has 1 amide bonds. The number of esters is 1. The van der Waals surface area contributed by atoms with Crippen molar-refractivity contribution in [3.05, 3.63) is 11.1 Å². The highest BCUT2D eigenvalue weighted by molar-refractivity contribution is 7.13. The average Bonchev–Trinajstić information content (AvgIpc) is 2.95. The van der Waals surface area contributed by atoms with Gasteiger partial charge in [0.25, 0.3) is 0 Å². The van der Waals surface area contributed by atoms with Crippen molar-refractivity contribution in [2.45, 2.75) is 46.3 Å². The number of hydrogen-bond donors (Lipinski definition) is 0. The van der Waals surface area contributed by atoms with Gasteiger partial charge >= 0.3 is 12.1 Å². The van der Waals surface area contributed by atoms with Crippen LogP contribution in [0.2, 0.25) is 0 Å². The third-order valence-electron chi connectivity index (χ3n) is 3.50. The highest BCUT2D eigenvalue weighted by Gasteiger charge is 2.32. The Balaban J connectivity index is 1.98. The number of amides is 1. The molecule has 134 valence electrons. The minimum Gasteiger partial charge on any atom is -0.461 e. The molecular weight excluding hydrogens is 330 g/mol. The van der Waals surface area contributed by atoms with Gasteiger partial charge in [0.15, 0.2) is 10.8 Å². The van der Waals surface area contributed by atoms with Crippen LogP contribution in [0.4, 0.5) is 9.93 Å². The van der Waals surface area contributed by atoms with E-state index in [1.165, 1.54) is 11.3 Å². The first-order valence-electron chi connectivity index (χ1n) is 8.08. The summed E-state index contributed by atoms with van der Waals surface area (Å²) in [5.74, 6) is -0.402. The summed E-state index contributed by atoms with van der Waals surface area (Å²) in [5, 5.41) is 2.48. The Morgan fingerprint density at radius 2 is 2.08 bits per heavy atom. The molecule has 1 aromatic heterocycles. The van der Waals surface area contributed by atoms with Crippen molar-refractivity contribution in [1.29, 1.82) is 0 Å². The number of nitrogens with zero attached hydrogens (tertiary/aromatic N) is 3. The normalized spacial score (nSPS) is 18.5. The minimum absolute atomic E-state index is 0.00328. The van der Waals surface area contributed by atoms with Crippen LogP contribution < -0.4 is 4.90 Å². The van der Waals surface area contributed by atoms with Gasteiger partial charge in [0.05, 0.1) is 6.61 Å². The van der Waals surface area contributed by atoms with Gasteiger partial charge in [-0.1, -0.05) is 0 Å². The molecule has 8 heteroatoms. The van der Waals surface area contributed by atoms with Crippen LogP contribution in [0, 0.1) is 0 Å². The predicted molar refractivity (Wildman–Crippen MR) is 92.7 cm³/mol. The Morgan fingerprint density at radius 1 is 1.38 bits per heavy atom. The van der Waals surface area contributed by atoms with Crippen molar-refractivity contribution in [2.24, 2.45) is 0 Å². The zero-order chi connectivity index (χ0) is 17.9. The zero-order valence-corrected chi connectivity index (χ0v) is 15.7. The number of hydrogen-bond acceptors (Lipinski definition) is 7. The fraction of sp³-hybridized carbons (Fsp3) is 0.688. The predicted octanol–water partition coefficient (Wildman–Crippen LogP) is 2.77. The summed E-state index contributed by atoms with van der Waals surface area (Å²) in [4.78, 5) is 32.1. The third-order valence-corrected chi connectivity index (χ3v) is 4.40. The van der Waals surface area contributed by atoms with Crippen molar-refractivity contribution in [3.8, 4) is 0 Å². The van der Waals surface area contributed by atoms with Gasteiger partial charge in [-0.3, -0.25) is 0 Å². The molecule has 0 bridgehead atoms. The second-order valence-corrected chi connectivity index (χ2v) is 7.54. The maximum atomic E-state index is 12.2. The largest absolute Gasteiger partial charge is 0.461 e. The molecule has 1 aliphatic rings. The summed E-state index contributed by atoms with van der Waals surface area (Å²) in [5.41, 5.74) is -0.170. The molecule has 0 aromatic carbocycles. The first kappa shape index (κ1) is 18.5. The molecule has 24 heavy (non-hydrogen) atoms. The second-order valence-electron chi connectivity index (χ2n) is 6.70. The lowest BCUT2D eigenvalue weighted by molar-refractivity contribution is 0.0159. The van der Waals surface area contributed by atoms with Crippen LogP contribution in [0.1, 0.15) is 45.1 Å². The van der Waals surface area contributed by atoms with Crippen molar-refractivity contribution >= 4 is 28.5 Å². The van der Waals surface area contributed by atoms with Crippen LogP contribution in [0.5, 0.6) is 0 Å². The Morgan fingerprint density at radius 3 is 2.67 bits per heavy atom. The molecule has 0 unspecified atom stereocenters. The quantitative estimate of drug-likeness (QED) is 0.777. The van der Waals surface area contributed by atoms with Crippen LogP contribution in [0.15, 0.2) is 5.38 Å². The molecule has 1 aliphatic heterocycles. The Bertz CT molecular complexity index is 596. The zero-order valence-electron chi connectivity index (χ0n) is 14.9. The first-order valence-corrected chi connectivity index (χ1v) is 8.96. The molecule has 0 saturated carbocycles. The van der Waals surface area contributed by atoms with E-state index < -0.39 is 11.6 Å². The maximum Gasteiger partial charge on any atom is 0.410 e. The summed E-state index contributed by atoms with van der Waals surface area (Å²) in [6, 6.07) is 0.00328. The number of carbonyl (C=O) groups is 2. The fourth-order valence-corrected chi connectivity index (χ4v) is 3.26. The Labute approximate surface area is 146 Å². The molecule has 0 N–H and O–H groups in total. The monoisotopic (exact) mass is 355 g/mol. The van der Waals surface area contributed by atoms with Gasteiger partial charge in [0.1, 0.15) is 5.60 Å². The van der Waals surface area contributed by atoms with Gasteiger partial charge in [-0.05, 0) is 34.6 Å². The van der Waals surface area contributed by atoms with Crippen molar-refractivity contribution < 1.29 is 19.1 Å². The van der Waals surface area contributed by atoms with Gasteiger partial charge in [-0.15, -0.1) is 11.3 Å². The van der Waals surface area contributed by atoms with Gasteiger partial charge in [-0.2, -0.15) is 0 Å². The second kappa shape index (κ2) is 7.38. The van der Waals surface area contributed by atoms with Crippen LogP contribution in [0.3, 0.4) is 0 Å². The van der Waals surface area contributed by atoms with Crippen molar-refractivity contribution in [2.75, 3.05) is 31.1 Å². The van der Waals surface area contributed by atoms with Crippen LogP contribution >= 0.6 is 11.3 Å². The number of anilines is 1. The van der Waals surface area contributed by atoms with Crippen molar-refractivity contribution in [3.63, 3.8) is 0 Å². The highest BCUT2D eigenvalue weighted by Crippen LogP contribution is 2.25. The van der Waals surface area contributed by atoms with Crippen LogP contribution in [-0.2, 0) is 9.47 Å². The number of ether oxygens (including phenoxy) is 2. The SMILES string of the molecule is CCOC(=O)c1csc(N2CCN(C(=O)OC(C)(C)C)[C@H](C)C2)n1. The molecule has 0 aliphatic carbocycles. The van der Waals surface area contributed by atoms with Gasteiger partial charge < -0.3 is 19.3 Å². The summed E-state index contributed by atoms with van der Waals surface area (Å²) in [7, 11) is 0. The first-order chi connectivity index (χ1) is 11.2.